The van der Waals surface area contributed by atoms with E-state index >= 15 is 0 Å². The van der Waals surface area contributed by atoms with E-state index in [0.717, 1.165) is 12.8 Å². The van der Waals surface area contributed by atoms with Gasteiger partial charge < -0.3 is 11.5 Å². The average molecular weight is 184 g/mol. The molecule has 0 amide bonds. The lowest BCUT2D eigenvalue weighted by atomic mass is 9.73. The summed E-state index contributed by atoms with van der Waals surface area (Å²) in [5, 5.41) is 0. The Kier molecular flexibility index (Phi) is 3.36. The van der Waals surface area contributed by atoms with Crippen molar-refractivity contribution >= 4 is 0 Å². The van der Waals surface area contributed by atoms with Crippen molar-refractivity contribution in [3.8, 4) is 0 Å². The van der Waals surface area contributed by atoms with Gasteiger partial charge in [-0.3, -0.25) is 0 Å². The van der Waals surface area contributed by atoms with Crippen LogP contribution in [0.1, 0.15) is 46.5 Å². The molecule has 1 unspecified atom stereocenters. The van der Waals surface area contributed by atoms with Gasteiger partial charge in [0.2, 0.25) is 0 Å². The Bertz CT molecular complexity index is 152. The number of hydrogen-bond acceptors (Lipinski definition) is 2. The molecular weight excluding hydrogens is 160 g/mol. The Morgan fingerprint density at radius 3 is 1.92 bits per heavy atom. The monoisotopic (exact) mass is 184 g/mol. The van der Waals surface area contributed by atoms with Gasteiger partial charge in [0.15, 0.2) is 0 Å². The fourth-order valence-corrected chi connectivity index (χ4v) is 2.21. The molecule has 0 bridgehead atoms. The fourth-order valence-electron chi connectivity index (χ4n) is 2.21. The first-order chi connectivity index (χ1) is 5.91. The molecule has 2 heteroatoms. The van der Waals surface area contributed by atoms with Gasteiger partial charge in [-0.1, -0.05) is 20.8 Å². The van der Waals surface area contributed by atoms with Gasteiger partial charge in [0, 0.05) is 12.1 Å². The minimum Gasteiger partial charge on any atom is -0.328 e. The summed E-state index contributed by atoms with van der Waals surface area (Å²) in [5.41, 5.74) is 12.3. The Hall–Kier alpha value is -0.0800. The van der Waals surface area contributed by atoms with E-state index in [9.17, 15) is 0 Å². The standard InChI is InChI=1S/C11H24N2/c1-11(2,3)10(13)8-4-6-9(12)7-5-8/h8-10H,4-7,12-13H2,1-3H3. The van der Waals surface area contributed by atoms with Gasteiger partial charge in [0.25, 0.3) is 0 Å². The quantitative estimate of drug-likeness (QED) is 0.653. The van der Waals surface area contributed by atoms with Crippen LogP contribution in [0.25, 0.3) is 0 Å². The lowest BCUT2D eigenvalue weighted by molar-refractivity contribution is 0.186. The summed E-state index contributed by atoms with van der Waals surface area (Å²) in [6.45, 7) is 6.69. The van der Waals surface area contributed by atoms with Gasteiger partial charge in [-0.05, 0) is 37.0 Å². The van der Waals surface area contributed by atoms with Crippen molar-refractivity contribution in [1.29, 1.82) is 0 Å². The lowest BCUT2D eigenvalue weighted by Crippen LogP contribution is -2.44. The zero-order chi connectivity index (χ0) is 10.1. The van der Waals surface area contributed by atoms with Crippen molar-refractivity contribution in [1.82, 2.24) is 0 Å². The first-order valence-corrected chi connectivity index (χ1v) is 5.42. The third kappa shape index (κ3) is 2.96. The van der Waals surface area contributed by atoms with Crippen LogP contribution in [0, 0.1) is 11.3 Å². The molecule has 4 N–H and O–H groups in total. The van der Waals surface area contributed by atoms with Gasteiger partial charge in [-0.15, -0.1) is 0 Å². The molecule has 78 valence electrons. The Morgan fingerprint density at radius 2 is 1.54 bits per heavy atom. The van der Waals surface area contributed by atoms with Crippen molar-refractivity contribution in [2.75, 3.05) is 0 Å². The molecule has 1 rings (SSSR count). The second-order valence-corrected chi connectivity index (χ2v) is 5.57. The number of rotatable bonds is 1. The van der Waals surface area contributed by atoms with Crippen molar-refractivity contribution < 1.29 is 0 Å². The molecule has 0 aromatic rings. The first kappa shape index (κ1) is 11.0. The van der Waals surface area contributed by atoms with Crippen molar-refractivity contribution in [2.24, 2.45) is 22.8 Å². The summed E-state index contributed by atoms with van der Waals surface area (Å²) < 4.78 is 0. The maximum atomic E-state index is 6.23. The van der Waals surface area contributed by atoms with Gasteiger partial charge in [-0.2, -0.15) is 0 Å². The van der Waals surface area contributed by atoms with Crippen molar-refractivity contribution in [3.63, 3.8) is 0 Å². The van der Waals surface area contributed by atoms with E-state index in [2.05, 4.69) is 20.8 Å². The molecule has 0 heterocycles. The highest BCUT2D eigenvalue weighted by Crippen LogP contribution is 2.32. The predicted octanol–water partition coefficient (Wildman–Crippen LogP) is 1.88. The molecule has 1 saturated carbocycles. The fraction of sp³-hybridized carbons (Fsp3) is 1.00. The SMILES string of the molecule is CC(C)(C)C(N)C1CCC(N)CC1. The maximum absolute atomic E-state index is 6.23. The van der Waals surface area contributed by atoms with E-state index in [4.69, 9.17) is 11.5 Å². The topological polar surface area (TPSA) is 52.0 Å². The highest BCUT2D eigenvalue weighted by atomic mass is 14.7. The van der Waals surface area contributed by atoms with Crippen molar-refractivity contribution in [2.45, 2.75) is 58.5 Å². The highest BCUT2D eigenvalue weighted by molar-refractivity contribution is 4.87. The molecule has 0 radical (unpaired) electrons. The van der Waals surface area contributed by atoms with E-state index in [1.807, 2.05) is 0 Å². The Labute approximate surface area is 82.1 Å². The van der Waals surface area contributed by atoms with Crippen LogP contribution in [-0.4, -0.2) is 12.1 Å². The first-order valence-electron chi connectivity index (χ1n) is 5.42. The van der Waals surface area contributed by atoms with Crippen LogP contribution < -0.4 is 11.5 Å². The molecule has 1 atom stereocenters. The summed E-state index contributed by atoms with van der Waals surface area (Å²) in [6.07, 6.45) is 4.77. The molecule has 1 fully saturated rings. The molecule has 0 aromatic heterocycles. The Balaban J connectivity index is 2.45. The van der Waals surface area contributed by atoms with Crippen LogP contribution in [-0.2, 0) is 0 Å². The van der Waals surface area contributed by atoms with Crippen LogP contribution in [0.4, 0.5) is 0 Å². The van der Waals surface area contributed by atoms with Crippen LogP contribution in [0.3, 0.4) is 0 Å². The zero-order valence-corrected chi connectivity index (χ0v) is 9.22. The van der Waals surface area contributed by atoms with Crippen LogP contribution in [0.5, 0.6) is 0 Å². The summed E-state index contributed by atoms with van der Waals surface area (Å²) in [7, 11) is 0. The molecule has 0 spiro atoms. The minimum atomic E-state index is 0.242. The molecule has 1 aliphatic carbocycles. The van der Waals surface area contributed by atoms with E-state index in [-0.39, 0.29) is 5.41 Å². The summed E-state index contributed by atoms with van der Waals surface area (Å²) in [5.74, 6) is 0.694. The molecule has 1 aliphatic rings. The number of nitrogens with two attached hydrogens (primary N) is 2. The largest absolute Gasteiger partial charge is 0.328 e. The normalized spacial score (nSPS) is 33.0. The van der Waals surface area contributed by atoms with Gasteiger partial charge >= 0.3 is 0 Å². The van der Waals surface area contributed by atoms with E-state index in [1.165, 1.54) is 12.8 Å². The maximum Gasteiger partial charge on any atom is 0.0116 e. The van der Waals surface area contributed by atoms with Gasteiger partial charge in [0.05, 0.1) is 0 Å². The third-order valence-electron chi connectivity index (χ3n) is 3.32. The summed E-state index contributed by atoms with van der Waals surface area (Å²) in [4.78, 5) is 0. The highest BCUT2D eigenvalue weighted by Gasteiger charge is 2.31. The summed E-state index contributed by atoms with van der Waals surface area (Å²) in [6, 6.07) is 0.767. The van der Waals surface area contributed by atoms with E-state index < -0.39 is 0 Å². The van der Waals surface area contributed by atoms with Gasteiger partial charge in [-0.25, -0.2) is 0 Å². The minimum absolute atomic E-state index is 0.242. The third-order valence-corrected chi connectivity index (χ3v) is 3.32. The molecule has 2 nitrogen and oxygen atoms in total. The average Bonchev–Trinajstić information content (AvgIpc) is 2.03. The Morgan fingerprint density at radius 1 is 1.08 bits per heavy atom. The predicted molar refractivity (Wildman–Crippen MR) is 57.4 cm³/mol. The van der Waals surface area contributed by atoms with Crippen molar-refractivity contribution in [3.05, 3.63) is 0 Å². The zero-order valence-electron chi connectivity index (χ0n) is 9.22. The smallest absolute Gasteiger partial charge is 0.0116 e. The molecule has 0 saturated heterocycles. The summed E-state index contributed by atoms with van der Waals surface area (Å²) >= 11 is 0. The molecule has 13 heavy (non-hydrogen) atoms. The second-order valence-electron chi connectivity index (χ2n) is 5.57. The van der Waals surface area contributed by atoms with Gasteiger partial charge in [0.1, 0.15) is 0 Å². The van der Waals surface area contributed by atoms with Crippen LogP contribution >= 0.6 is 0 Å². The van der Waals surface area contributed by atoms with E-state index in [0.29, 0.717) is 18.0 Å². The van der Waals surface area contributed by atoms with E-state index in [1.54, 1.807) is 0 Å². The molecular formula is C11H24N2. The second kappa shape index (κ2) is 3.97. The molecule has 0 aliphatic heterocycles. The van der Waals surface area contributed by atoms with Crippen LogP contribution in [0.15, 0.2) is 0 Å². The van der Waals surface area contributed by atoms with Crippen LogP contribution in [0.2, 0.25) is 0 Å². The number of hydrogen-bond donors (Lipinski definition) is 2. The lowest BCUT2D eigenvalue weighted by Gasteiger charge is -2.37. The molecule has 0 aromatic carbocycles.